The molecule has 0 aliphatic heterocycles. The SMILES string of the molecule is CC(C)N(C)CCNc1ccc(C(N)=S)cc1. The van der Waals surface area contributed by atoms with E-state index in [2.05, 4.69) is 31.1 Å². The fraction of sp³-hybridized carbons (Fsp3) is 0.462. The Morgan fingerprint density at radius 2 is 1.94 bits per heavy atom. The van der Waals surface area contributed by atoms with Gasteiger partial charge < -0.3 is 16.0 Å². The number of likely N-dealkylation sites (N-methyl/N-ethyl adjacent to an activating group) is 1. The minimum atomic E-state index is 0.441. The van der Waals surface area contributed by atoms with Gasteiger partial charge in [-0.05, 0) is 45.2 Å². The van der Waals surface area contributed by atoms with Gasteiger partial charge in [0.15, 0.2) is 0 Å². The van der Waals surface area contributed by atoms with Gasteiger partial charge in [0, 0.05) is 30.4 Å². The Kier molecular flexibility index (Phi) is 5.38. The Morgan fingerprint density at radius 1 is 1.35 bits per heavy atom. The molecule has 0 unspecified atom stereocenters. The minimum absolute atomic E-state index is 0.441. The molecule has 0 aromatic heterocycles. The number of thiocarbonyl (C=S) groups is 1. The van der Waals surface area contributed by atoms with Gasteiger partial charge >= 0.3 is 0 Å². The van der Waals surface area contributed by atoms with Crippen LogP contribution in [0.2, 0.25) is 0 Å². The molecule has 17 heavy (non-hydrogen) atoms. The molecule has 0 fully saturated rings. The zero-order chi connectivity index (χ0) is 12.8. The van der Waals surface area contributed by atoms with E-state index in [0.29, 0.717) is 11.0 Å². The van der Waals surface area contributed by atoms with E-state index in [0.717, 1.165) is 24.3 Å². The summed E-state index contributed by atoms with van der Waals surface area (Å²) in [5, 5.41) is 3.37. The van der Waals surface area contributed by atoms with Crippen LogP contribution in [0.1, 0.15) is 19.4 Å². The first-order valence-corrected chi connectivity index (χ1v) is 6.25. The molecule has 1 aromatic carbocycles. The highest BCUT2D eigenvalue weighted by molar-refractivity contribution is 7.80. The van der Waals surface area contributed by atoms with Crippen LogP contribution < -0.4 is 11.1 Å². The highest BCUT2D eigenvalue weighted by atomic mass is 32.1. The van der Waals surface area contributed by atoms with Gasteiger partial charge in [0.25, 0.3) is 0 Å². The summed E-state index contributed by atoms with van der Waals surface area (Å²) in [5.41, 5.74) is 7.55. The summed E-state index contributed by atoms with van der Waals surface area (Å²) in [7, 11) is 2.13. The van der Waals surface area contributed by atoms with Crippen LogP contribution in [0.5, 0.6) is 0 Å². The topological polar surface area (TPSA) is 41.3 Å². The van der Waals surface area contributed by atoms with Gasteiger partial charge in [-0.25, -0.2) is 0 Å². The largest absolute Gasteiger partial charge is 0.389 e. The van der Waals surface area contributed by atoms with Crippen molar-refractivity contribution in [3.8, 4) is 0 Å². The molecule has 0 heterocycles. The van der Waals surface area contributed by atoms with Crippen molar-refractivity contribution in [3.63, 3.8) is 0 Å². The first-order valence-electron chi connectivity index (χ1n) is 5.84. The van der Waals surface area contributed by atoms with Crippen LogP contribution in [0.15, 0.2) is 24.3 Å². The van der Waals surface area contributed by atoms with Gasteiger partial charge in [-0.1, -0.05) is 12.2 Å². The molecule has 3 nitrogen and oxygen atoms in total. The summed E-state index contributed by atoms with van der Waals surface area (Å²) in [5.74, 6) is 0. The summed E-state index contributed by atoms with van der Waals surface area (Å²) in [6.45, 7) is 6.34. The van der Waals surface area contributed by atoms with E-state index in [1.165, 1.54) is 0 Å². The minimum Gasteiger partial charge on any atom is -0.389 e. The second-order valence-corrected chi connectivity index (χ2v) is 4.88. The van der Waals surface area contributed by atoms with E-state index in [1.807, 2.05) is 24.3 Å². The monoisotopic (exact) mass is 251 g/mol. The molecule has 0 amide bonds. The number of benzene rings is 1. The number of rotatable bonds is 6. The Balaban J connectivity index is 2.40. The van der Waals surface area contributed by atoms with Crippen LogP contribution in [-0.2, 0) is 0 Å². The maximum absolute atomic E-state index is 5.54. The summed E-state index contributed by atoms with van der Waals surface area (Å²) in [4.78, 5) is 2.74. The lowest BCUT2D eigenvalue weighted by atomic mass is 10.2. The van der Waals surface area contributed by atoms with Crippen molar-refractivity contribution >= 4 is 22.9 Å². The first-order chi connectivity index (χ1) is 8.00. The van der Waals surface area contributed by atoms with Crippen molar-refractivity contribution in [1.29, 1.82) is 0 Å². The average molecular weight is 251 g/mol. The third kappa shape index (κ3) is 4.71. The van der Waals surface area contributed by atoms with Crippen molar-refractivity contribution in [1.82, 2.24) is 4.90 Å². The molecule has 0 bridgehead atoms. The number of nitrogens with two attached hydrogens (primary N) is 1. The number of nitrogens with zero attached hydrogens (tertiary/aromatic N) is 1. The molecule has 3 N–H and O–H groups in total. The van der Waals surface area contributed by atoms with Crippen LogP contribution in [0.4, 0.5) is 5.69 Å². The molecule has 4 heteroatoms. The van der Waals surface area contributed by atoms with Crippen LogP contribution in [0.3, 0.4) is 0 Å². The molecule has 0 saturated carbocycles. The van der Waals surface area contributed by atoms with Crippen molar-refractivity contribution in [2.24, 2.45) is 5.73 Å². The zero-order valence-corrected chi connectivity index (χ0v) is 11.6. The van der Waals surface area contributed by atoms with Crippen LogP contribution >= 0.6 is 12.2 Å². The fourth-order valence-electron chi connectivity index (χ4n) is 1.39. The predicted octanol–water partition coefficient (Wildman–Crippen LogP) is 2.07. The normalized spacial score (nSPS) is 10.9. The lowest BCUT2D eigenvalue weighted by Crippen LogP contribution is -2.31. The number of hydrogen-bond donors (Lipinski definition) is 2. The molecule has 0 aliphatic carbocycles. The molecular weight excluding hydrogens is 230 g/mol. The highest BCUT2D eigenvalue weighted by Crippen LogP contribution is 2.09. The van der Waals surface area contributed by atoms with Crippen LogP contribution in [0, 0.1) is 0 Å². The summed E-state index contributed by atoms with van der Waals surface area (Å²) < 4.78 is 0. The first kappa shape index (κ1) is 13.9. The molecule has 0 aliphatic rings. The van der Waals surface area contributed by atoms with Crippen LogP contribution in [-0.4, -0.2) is 36.1 Å². The van der Waals surface area contributed by atoms with Crippen molar-refractivity contribution < 1.29 is 0 Å². The zero-order valence-electron chi connectivity index (χ0n) is 10.7. The van der Waals surface area contributed by atoms with Gasteiger partial charge in [-0.15, -0.1) is 0 Å². The van der Waals surface area contributed by atoms with E-state index in [1.54, 1.807) is 0 Å². The molecule has 0 radical (unpaired) electrons. The average Bonchev–Trinajstić information content (AvgIpc) is 2.29. The Labute approximate surface area is 109 Å². The molecule has 0 atom stereocenters. The second-order valence-electron chi connectivity index (χ2n) is 4.44. The molecule has 0 saturated heterocycles. The van der Waals surface area contributed by atoms with Gasteiger partial charge in [0.05, 0.1) is 0 Å². The summed E-state index contributed by atoms with van der Waals surface area (Å²) in [6.07, 6.45) is 0. The highest BCUT2D eigenvalue weighted by Gasteiger charge is 2.02. The van der Waals surface area contributed by atoms with Crippen molar-refractivity contribution in [2.45, 2.75) is 19.9 Å². The predicted molar refractivity (Wildman–Crippen MR) is 78.6 cm³/mol. The molecular formula is C13H21N3S. The molecule has 0 spiro atoms. The Morgan fingerprint density at radius 3 is 2.41 bits per heavy atom. The van der Waals surface area contributed by atoms with E-state index in [-0.39, 0.29) is 0 Å². The standard InChI is InChI=1S/C13H21N3S/c1-10(2)16(3)9-8-15-12-6-4-11(5-7-12)13(14)17/h4-7,10,15H,8-9H2,1-3H3,(H2,14,17). The van der Waals surface area contributed by atoms with E-state index < -0.39 is 0 Å². The third-order valence-corrected chi connectivity index (χ3v) is 3.08. The lowest BCUT2D eigenvalue weighted by molar-refractivity contribution is 0.284. The smallest absolute Gasteiger partial charge is 0.103 e. The quantitative estimate of drug-likeness (QED) is 0.760. The van der Waals surface area contributed by atoms with Gasteiger partial charge in [-0.2, -0.15) is 0 Å². The maximum Gasteiger partial charge on any atom is 0.103 e. The van der Waals surface area contributed by atoms with Crippen molar-refractivity contribution in [2.75, 3.05) is 25.5 Å². The van der Waals surface area contributed by atoms with E-state index >= 15 is 0 Å². The molecule has 1 aromatic rings. The van der Waals surface area contributed by atoms with Crippen LogP contribution in [0.25, 0.3) is 0 Å². The van der Waals surface area contributed by atoms with Gasteiger partial charge in [-0.3, -0.25) is 0 Å². The molecule has 1 rings (SSSR count). The van der Waals surface area contributed by atoms with Crippen molar-refractivity contribution in [3.05, 3.63) is 29.8 Å². The van der Waals surface area contributed by atoms with E-state index in [9.17, 15) is 0 Å². The summed E-state index contributed by atoms with van der Waals surface area (Å²) in [6, 6.07) is 8.47. The van der Waals surface area contributed by atoms with E-state index in [4.69, 9.17) is 18.0 Å². The summed E-state index contributed by atoms with van der Waals surface area (Å²) >= 11 is 4.91. The maximum atomic E-state index is 5.54. The van der Waals surface area contributed by atoms with Gasteiger partial charge in [0.1, 0.15) is 4.99 Å². The van der Waals surface area contributed by atoms with Gasteiger partial charge in [0.2, 0.25) is 0 Å². The number of anilines is 1. The number of nitrogens with one attached hydrogen (secondary N) is 1. The Hall–Kier alpha value is -1.13. The molecule has 94 valence electrons. The fourth-order valence-corrected chi connectivity index (χ4v) is 1.52. The Bertz CT molecular complexity index is 359. The third-order valence-electron chi connectivity index (χ3n) is 2.84. The lowest BCUT2D eigenvalue weighted by Gasteiger charge is -2.21. The number of hydrogen-bond acceptors (Lipinski definition) is 3. The second kappa shape index (κ2) is 6.57.